The minimum atomic E-state index is 0.382. The van der Waals surface area contributed by atoms with E-state index in [0.717, 1.165) is 6.42 Å². The molecule has 0 amide bonds. The molecule has 90 valence electrons. The summed E-state index contributed by atoms with van der Waals surface area (Å²) in [6.07, 6.45) is 1.02. The molecule has 0 radical (unpaired) electrons. The number of nitrogens with two attached hydrogens (primary N) is 1. The van der Waals surface area contributed by atoms with E-state index in [4.69, 9.17) is 5.84 Å². The Morgan fingerprint density at radius 2 is 2.44 bits per heavy atom. The van der Waals surface area contributed by atoms with Gasteiger partial charge in [0.05, 0.1) is 0 Å². The van der Waals surface area contributed by atoms with Gasteiger partial charge in [-0.05, 0) is 27.4 Å². The van der Waals surface area contributed by atoms with Crippen LogP contribution < -0.4 is 11.3 Å². The van der Waals surface area contributed by atoms with E-state index in [9.17, 15) is 0 Å². The Morgan fingerprint density at radius 3 is 3.00 bits per heavy atom. The van der Waals surface area contributed by atoms with Crippen molar-refractivity contribution in [1.82, 2.24) is 5.43 Å². The zero-order chi connectivity index (χ0) is 11.4. The molecule has 1 aliphatic rings. The van der Waals surface area contributed by atoms with Gasteiger partial charge >= 0.3 is 0 Å². The van der Waals surface area contributed by atoms with Crippen LogP contribution in [0.25, 0.3) is 0 Å². The normalized spacial score (nSPS) is 23.2. The number of hydrogen-bond donors (Lipinski definition) is 2. The second kappa shape index (κ2) is 6.66. The molecule has 2 unspecified atom stereocenters. The molecule has 2 nitrogen and oxygen atoms in total. The van der Waals surface area contributed by atoms with Gasteiger partial charge in [0.1, 0.15) is 0 Å². The van der Waals surface area contributed by atoms with Gasteiger partial charge in [0, 0.05) is 44.3 Å². The molecule has 0 aromatic carbocycles. The lowest BCUT2D eigenvalue weighted by atomic mass is 10.1. The molecule has 2 rings (SSSR count). The van der Waals surface area contributed by atoms with E-state index in [0.29, 0.717) is 11.3 Å². The van der Waals surface area contributed by atoms with Crippen LogP contribution in [0.4, 0.5) is 0 Å². The van der Waals surface area contributed by atoms with Crippen molar-refractivity contribution in [2.45, 2.75) is 17.7 Å². The van der Waals surface area contributed by atoms with Crippen molar-refractivity contribution in [3.05, 3.63) is 20.8 Å². The van der Waals surface area contributed by atoms with Gasteiger partial charge in [-0.1, -0.05) is 0 Å². The van der Waals surface area contributed by atoms with E-state index < -0.39 is 0 Å². The van der Waals surface area contributed by atoms with Crippen LogP contribution in [0.1, 0.15) is 4.88 Å². The number of nitrogens with one attached hydrogen (secondary N) is 1. The number of hydrazine groups is 1. The Kier molecular flexibility index (Phi) is 5.51. The predicted octanol–water partition coefficient (Wildman–Crippen LogP) is 2.73. The molecule has 0 aliphatic carbocycles. The van der Waals surface area contributed by atoms with Crippen LogP contribution >= 0.6 is 50.8 Å². The first kappa shape index (κ1) is 13.2. The van der Waals surface area contributed by atoms with Gasteiger partial charge < -0.3 is 0 Å². The molecule has 1 aromatic heterocycles. The summed E-state index contributed by atoms with van der Waals surface area (Å²) in [7, 11) is 0. The third-order valence-corrected chi connectivity index (χ3v) is 7.47. The Labute approximate surface area is 117 Å². The SMILES string of the molecule is NNC(Cc1sccc1Br)C1CSCCS1. The van der Waals surface area contributed by atoms with Gasteiger partial charge in [-0.25, -0.2) is 0 Å². The predicted molar refractivity (Wildman–Crippen MR) is 80.4 cm³/mol. The van der Waals surface area contributed by atoms with Crippen LogP contribution in [0, 0.1) is 0 Å². The van der Waals surface area contributed by atoms with Gasteiger partial charge in [-0.3, -0.25) is 11.3 Å². The zero-order valence-corrected chi connectivity index (χ0v) is 12.9. The summed E-state index contributed by atoms with van der Waals surface area (Å²) in [5, 5.41) is 2.76. The van der Waals surface area contributed by atoms with Crippen LogP contribution in [-0.4, -0.2) is 28.6 Å². The van der Waals surface area contributed by atoms with Gasteiger partial charge in [-0.2, -0.15) is 23.5 Å². The molecular weight excluding hydrogens is 324 g/mol. The topological polar surface area (TPSA) is 38.0 Å². The van der Waals surface area contributed by atoms with E-state index in [1.165, 1.54) is 26.6 Å². The molecule has 3 N–H and O–H groups in total. The van der Waals surface area contributed by atoms with E-state index in [2.05, 4.69) is 32.8 Å². The standard InChI is InChI=1S/C10H15BrN2S3/c11-7-1-2-15-9(7)5-8(13-12)10-6-14-3-4-16-10/h1-2,8,10,13H,3-6,12H2. The smallest absolute Gasteiger partial charge is 0.0386 e. The molecule has 6 heteroatoms. The summed E-state index contributed by atoms with van der Waals surface area (Å²) in [6.45, 7) is 0. The lowest BCUT2D eigenvalue weighted by Crippen LogP contribution is -2.46. The second-order valence-corrected chi connectivity index (χ2v) is 8.01. The summed E-state index contributed by atoms with van der Waals surface area (Å²) in [5.74, 6) is 9.43. The van der Waals surface area contributed by atoms with Gasteiger partial charge in [-0.15, -0.1) is 11.3 Å². The van der Waals surface area contributed by atoms with Crippen molar-refractivity contribution < 1.29 is 0 Å². The van der Waals surface area contributed by atoms with E-state index in [1.807, 2.05) is 23.5 Å². The molecule has 1 aromatic rings. The molecule has 1 saturated heterocycles. The minimum absolute atomic E-state index is 0.382. The summed E-state index contributed by atoms with van der Waals surface area (Å²) in [6, 6.07) is 2.49. The Morgan fingerprint density at radius 1 is 1.56 bits per heavy atom. The molecule has 0 bridgehead atoms. The third-order valence-electron chi connectivity index (χ3n) is 2.60. The Hall–Kier alpha value is 0.800. The molecule has 0 spiro atoms. The maximum absolute atomic E-state index is 5.69. The van der Waals surface area contributed by atoms with Gasteiger partial charge in [0.25, 0.3) is 0 Å². The second-order valence-electron chi connectivity index (χ2n) is 3.65. The van der Waals surface area contributed by atoms with Crippen molar-refractivity contribution in [2.75, 3.05) is 17.3 Å². The van der Waals surface area contributed by atoms with Gasteiger partial charge in [0.15, 0.2) is 0 Å². The van der Waals surface area contributed by atoms with E-state index in [-0.39, 0.29) is 0 Å². The fraction of sp³-hybridized carbons (Fsp3) is 0.600. The monoisotopic (exact) mass is 338 g/mol. The molecule has 16 heavy (non-hydrogen) atoms. The Bertz CT molecular complexity index is 326. The van der Waals surface area contributed by atoms with Crippen LogP contribution in [0.2, 0.25) is 0 Å². The lowest BCUT2D eigenvalue weighted by Gasteiger charge is -2.28. The maximum Gasteiger partial charge on any atom is 0.0386 e. The van der Waals surface area contributed by atoms with Crippen molar-refractivity contribution in [1.29, 1.82) is 0 Å². The zero-order valence-electron chi connectivity index (χ0n) is 8.82. The average molecular weight is 339 g/mol. The molecule has 1 aliphatic heterocycles. The average Bonchev–Trinajstić information content (AvgIpc) is 2.73. The van der Waals surface area contributed by atoms with E-state index >= 15 is 0 Å². The molecule has 2 heterocycles. The first-order valence-electron chi connectivity index (χ1n) is 5.18. The van der Waals surface area contributed by atoms with Crippen LogP contribution in [0.3, 0.4) is 0 Å². The Balaban J connectivity index is 1.97. The molecular formula is C10H15BrN2S3. The van der Waals surface area contributed by atoms with Crippen molar-refractivity contribution >= 4 is 50.8 Å². The van der Waals surface area contributed by atoms with Crippen molar-refractivity contribution in [3.63, 3.8) is 0 Å². The number of rotatable bonds is 4. The van der Waals surface area contributed by atoms with Crippen molar-refractivity contribution in [3.8, 4) is 0 Å². The summed E-state index contributed by atoms with van der Waals surface area (Å²) in [4.78, 5) is 1.39. The third kappa shape index (κ3) is 3.40. The first-order chi connectivity index (χ1) is 7.81. The van der Waals surface area contributed by atoms with Crippen LogP contribution in [0.5, 0.6) is 0 Å². The highest BCUT2D eigenvalue weighted by molar-refractivity contribution is 9.10. The summed E-state index contributed by atoms with van der Waals surface area (Å²) >= 11 is 9.46. The highest BCUT2D eigenvalue weighted by atomic mass is 79.9. The largest absolute Gasteiger partial charge is 0.271 e. The molecule has 1 fully saturated rings. The summed E-state index contributed by atoms with van der Waals surface area (Å²) in [5.41, 5.74) is 2.99. The summed E-state index contributed by atoms with van der Waals surface area (Å²) < 4.78 is 1.21. The highest BCUT2D eigenvalue weighted by Gasteiger charge is 2.24. The fourth-order valence-corrected chi connectivity index (χ4v) is 6.15. The van der Waals surface area contributed by atoms with Crippen LogP contribution in [-0.2, 0) is 6.42 Å². The number of halogens is 1. The maximum atomic E-state index is 5.69. The minimum Gasteiger partial charge on any atom is -0.271 e. The highest BCUT2D eigenvalue weighted by Crippen LogP contribution is 2.30. The van der Waals surface area contributed by atoms with Crippen LogP contribution in [0.15, 0.2) is 15.9 Å². The van der Waals surface area contributed by atoms with Crippen molar-refractivity contribution in [2.24, 2.45) is 5.84 Å². The molecule has 0 saturated carbocycles. The van der Waals surface area contributed by atoms with E-state index in [1.54, 1.807) is 11.3 Å². The fourth-order valence-electron chi connectivity index (χ4n) is 1.71. The number of thioether (sulfide) groups is 2. The number of thiophene rings is 1. The first-order valence-corrected chi connectivity index (χ1v) is 9.06. The lowest BCUT2D eigenvalue weighted by molar-refractivity contribution is 0.526. The molecule has 2 atom stereocenters. The quantitative estimate of drug-likeness (QED) is 0.653. The number of hydrogen-bond acceptors (Lipinski definition) is 5. The van der Waals surface area contributed by atoms with Gasteiger partial charge in [0.2, 0.25) is 0 Å².